The molecule has 6 nitrogen and oxygen atoms in total. The van der Waals surface area contributed by atoms with Crippen LogP contribution < -0.4 is 5.32 Å². The number of carbonyl (C=O) groups is 1. The highest BCUT2D eigenvalue weighted by atomic mass is 16.3. The molecule has 0 atom stereocenters. The molecular formula is C17H26N4O2. The molecular weight excluding hydrogens is 292 g/mol. The van der Waals surface area contributed by atoms with Gasteiger partial charge in [0.05, 0.1) is 11.3 Å². The summed E-state index contributed by atoms with van der Waals surface area (Å²) >= 11 is 0. The predicted octanol–water partition coefficient (Wildman–Crippen LogP) is 2.20. The fourth-order valence-corrected chi connectivity index (χ4v) is 2.98. The summed E-state index contributed by atoms with van der Waals surface area (Å²) in [6.45, 7) is 6.80. The van der Waals surface area contributed by atoms with E-state index in [4.69, 9.17) is 0 Å². The van der Waals surface area contributed by atoms with Crippen molar-refractivity contribution in [2.45, 2.75) is 40.0 Å². The summed E-state index contributed by atoms with van der Waals surface area (Å²) in [7, 11) is 1.84. The van der Waals surface area contributed by atoms with E-state index in [1.165, 1.54) is 0 Å². The van der Waals surface area contributed by atoms with Crippen LogP contribution in [0.3, 0.4) is 0 Å². The van der Waals surface area contributed by atoms with Gasteiger partial charge >= 0.3 is 0 Å². The molecule has 0 saturated heterocycles. The highest BCUT2D eigenvalue weighted by Gasteiger charge is 2.26. The molecule has 0 radical (unpaired) electrons. The summed E-state index contributed by atoms with van der Waals surface area (Å²) in [4.78, 5) is 16.8. The fourth-order valence-electron chi connectivity index (χ4n) is 2.98. The maximum Gasteiger partial charge on any atom is 0.252 e. The average molecular weight is 318 g/mol. The van der Waals surface area contributed by atoms with Crippen molar-refractivity contribution in [1.29, 1.82) is 0 Å². The number of amides is 1. The zero-order valence-electron chi connectivity index (χ0n) is 14.4. The number of aryl methyl sites for hydroxylation is 2. The molecule has 0 aromatic carbocycles. The molecule has 0 unspecified atom stereocenters. The van der Waals surface area contributed by atoms with Crippen molar-refractivity contribution in [2.24, 2.45) is 12.5 Å². The smallest absolute Gasteiger partial charge is 0.252 e. The molecule has 2 rings (SSSR count). The first-order valence-corrected chi connectivity index (χ1v) is 8.14. The van der Waals surface area contributed by atoms with Crippen LogP contribution in [-0.4, -0.2) is 38.9 Å². The van der Waals surface area contributed by atoms with E-state index < -0.39 is 0 Å². The van der Waals surface area contributed by atoms with Crippen LogP contribution in [0.1, 0.15) is 49.2 Å². The Kier molecular flexibility index (Phi) is 5.36. The van der Waals surface area contributed by atoms with Gasteiger partial charge < -0.3 is 10.4 Å². The third-order valence-electron chi connectivity index (χ3n) is 4.89. The van der Waals surface area contributed by atoms with E-state index in [9.17, 15) is 9.90 Å². The Morgan fingerprint density at radius 3 is 2.70 bits per heavy atom. The third kappa shape index (κ3) is 3.52. The van der Waals surface area contributed by atoms with Gasteiger partial charge in [-0.1, -0.05) is 13.8 Å². The van der Waals surface area contributed by atoms with Crippen molar-refractivity contribution >= 4 is 16.9 Å². The van der Waals surface area contributed by atoms with Gasteiger partial charge in [-0.3, -0.25) is 9.48 Å². The number of aromatic nitrogens is 3. The highest BCUT2D eigenvalue weighted by molar-refractivity contribution is 5.97. The number of hydrogen-bond donors (Lipinski definition) is 2. The average Bonchev–Trinajstić information content (AvgIpc) is 2.85. The predicted molar refractivity (Wildman–Crippen MR) is 90.3 cm³/mol. The van der Waals surface area contributed by atoms with Crippen molar-refractivity contribution in [2.75, 3.05) is 13.2 Å². The maximum atomic E-state index is 12.4. The molecule has 2 heterocycles. The highest BCUT2D eigenvalue weighted by Crippen LogP contribution is 2.29. The quantitative estimate of drug-likeness (QED) is 0.820. The van der Waals surface area contributed by atoms with Crippen LogP contribution >= 0.6 is 0 Å². The van der Waals surface area contributed by atoms with Crippen LogP contribution in [0.2, 0.25) is 0 Å². The van der Waals surface area contributed by atoms with Crippen molar-refractivity contribution < 1.29 is 9.90 Å². The van der Waals surface area contributed by atoms with Gasteiger partial charge in [-0.05, 0) is 37.7 Å². The van der Waals surface area contributed by atoms with Gasteiger partial charge in [-0.25, -0.2) is 4.98 Å². The Hall–Kier alpha value is -1.95. The van der Waals surface area contributed by atoms with E-state index in [0.717, 1.165) is 29.6 Å². The molecule has 0 spiro atoms. The Bertz CT molecular complexity index is 689. The number of hydrogen-bond acceptors (Lipinski definition) is 4. The first-order valence-electron chi connectivity index (χ1n) is 8.14. The summed E-state index contributed by atoms with van der Waals surface area (Å²) in [6.07, 6.45) is 4.12. The molecule has 126 valence electrons. The monoisotopic (exact) mass is 318 g/mol. The van der Waals surface area contributed by atoms with Crippen molar-refractivity contribution in [3.63, 3.8) is 0 Å². The van der Waals surface area contributed by atoms with Gasteiger partial charge in [0.1, 0.15) is 0 Å². The van der Waals surface area contributed by atoms with Crippen molar-refractivity contribution in [3.8, 4) is 0 Å². The zero-order chi connectivity index (χ0) is 17.0. The van der Waals surface area contributed by atoms with Gasteiger partial charge in [-0.2, -0.15) is 5.10 Å². The minimum absolute atomic E-state index is 0.0494. The lowest BCUT2D eigenvalue weighted by molar-refractivity contribution is 0.0907. The maximum absolute atomic E-state index is 12.4. The largest absolute Gasteiger partial charge is 0.396 e. The van der Waals surface area contributed by atoms with E-state index >= 15 is 0 Å². The lowest BCUT2D eigenvalue weighted by Gasteiger charge is -2.31. The number of aliphatic hydroxyl groups excluding tert-OH is 1. The van der Waals surface area contributed by atoms with E-state index in [1.54, 1.807) is 10.9 Å². The Morgan fingerprint density at radius 2 is 2.09 bits per heavy atom. The molecule has 0 saturated carbocycles. The minimum Gasteiger partial charge on any atom is -0.396 e. The van der Waals surface area contributed by atoms with E-state index in [-0.39, 0.29) is 17.9 Å². The molecule has 2 N–H and O–H groups in total. The molecule has 0 aliphatic carbocycles. The second-order valence-electron chi connectivity index (χ2n) is 6.17. The lowest BCUT2D eigenvalue weighted by atomic mass is 9.79. The van der Waals surface area contributed by atoms with E-state index in [1.807, 2.05) is 20.0 Å². The summed E-state index contributed by atoms with van der Waals surface area (Å²) in [5, 5.41) is 17.5. The topological polar surface area (TPSA) is 80.0 Å². The summed E-state index contributed by atoms with van der Waals surface area (Å²) in [6, 6.07) is 1.84. The minimum atomic E-state index is -0.133. The van der Waals surface area contributed by atoms with Crippen LogP contribution in [0.25, 0.3) is 11.0 Å². The molecule has 0 aliphatic heterocycles. The molecule has 0 aliphatic rings. The Labute approximate surface area is 136 Å². The van der Waals surface area contributed by atoms with Gasteiger partial charge in [0, 0.05) is 31.8 Å². The molecule has 23 heavy (non-hydrogen) atoms. The molecule has 2 aromatic heterocycles. The van der Waals surface area contributed by atoms with E-state index in [0.29, 0.717) is 18.5 Å². The normalized spacial score (nSPS) is 11.9. The third-order valence-corrected chi connectivity index (χ3v) is 4.89. The summed E-state index contributed by atoms with van der Waals surface area (Å²) < 4.78 is 1.72. The zero-order valence-corrected chi connectivity index (χ0v) is 14.4. The van der Waals surface area contributed by atoms with Gasteiger partial charge in [-0.15, -0.1) is 0 Å². The van der Waals surface area contributed by atoms with Gasteiger partial charge in [0.25, 0.3) is 5.91 Å². The second-order valence-corrected chi connectivity index (χ2v) is 6.17. The first-order chi connectivity index (χ1) is 11.0. The number of fused-ring (bicyclic) bond motifs is 1. The molecule has 6 heteroatoms. The standard InChI is InChI=1S/C17H26N4O2/c1-5-17(6-2,7-8-22)11-19-16(23)13-9-14-12(3)20-21(4)15(14)18-10-13/h9-10,22H,5-8,11H2,1-4H3,(H,19,23). The summed E-state index contributed by atoms with van der Waals surface area (Å²) in [5.41, 5.74) is 2.13. The van der Waals surface area contributed by atoms with Gasteiger partial charge in [0.15, 0.2) is 5.65 Å². The number of aliphatic hydroxyl groups is 1. The number of pyridine rings is 1. The van der Waals surface area contributed by atoms with Crippen molar-refractivity contribution in [1.82, 2.24) is 20.1 Å². The van der Waals surface area contributed by atoms with Crippen LogP contribution in [-0.2, 0) is 7.05 Å². The van der Waals surface area contributed by atoms with Crippen LogP contribution in [0.15, 0.2) is 12.3 Å². The van der Waals surface area contributed by atoms with Crippen LogP contribution in [0.4, 0.5) is 0 Å². The first kappa shape index (κ1) is 17.4. The number of nitrogens with one attached hydrogen (secondary N) is 1. The second kappa shape index (κ2) is 7.08. The lowest BCUT2D eigenvalue weighted by Crippen LogP contribution is -2.37. The summed E-state index contributed by atoms with van der Waals surface area (Å²) in [5.74, 6) is -0.133. The fraction of sp³-hybridized carbons (Fsp3) is 0.588. The number of nitrogens with zero attached hydrogens (tertiary/aromatic N) is 3. The molecule has 0 bridgehead atoms. The van der Waals surface area contributed by atoms with E-state index in [2.05, 4.69) is 29.2 Å². The Balaban J connectivity index is 2.16. The molecule has 1 amide bonds. The number of carbonyl (C=O) groups excluding carboxylic acids is 1. The van der Waals surface area contributed by atoms with Gasteiger partial charge in [0.2, 0.25) is 0 Å². The Morgan fingerprint density at radius 1 is 1.39 bits per heavy atom. The number of rotatable bonds is 7. The van der Waals surface area contributed by atoms with Crippen LogP contribution in [0.5, 0.6) is 0 Å². The molecule has 0 fully saturated rings. The SMILES string of the molecule is CCC(CC)(CCO)CNC(=O)c1cnc2c(c1)c(C)nn2C. The van der Waals surface area contributed by atoms with Crippen molar-refractivity contribution in [3.05, 3.63) is 23.5 Å². The van der Waals surface area contributed by atoms with Crippen LogP contribution in [0, 0.1) is 12.3 Å². The molecule has 2 aromatic rings.